The summed E-state index contributed by atoms with van der Waals surface area (Å²) >= 11 is 0. The number of nitrogen functional groups attached to an aromatic ring is 1. The number of pyridine rings is 1. The molecule has 0 spiro atoms. The first-order valence-corrected chi connectivity index (χ1v) is 9.72. The number of halogens is 1. The zero-order valence-corrected chi connectivity index (χ0v) is 17.6. The standard InChI is InChI=1S/C20H22N8O.ClH/c1-10(2)28-20-15(19(22)24-9-25-20)16(26-28)17-14(18(29-27-17)12-4-5-12)13-6-3-11(7-21)8-23-13;/h3,6,8-10,12H,4-5,7,21H2,1-2H3,(H2,22,24,25);1H. The molecule has 1 fully saturated rings. The monoisotopic (exact) mass is 426 g/mol. The third-order valence-electron chi connectivity index (χ3n) is 5.21. The third-order valence-corrected chi connectivity index (χ3v) is 5.21. The molecule has 0 bridgehead atoms. The van der Waals surface area contributed by atoms with Crippen LogP contribution in [0.5, 0.6) is 0 Å². The summed E-state index contributed by atoms with van der Waals surface area (Å²) < 4.78 is 7.63. The predicted molar refractivity (Wildman–Crippen MR) is 116 cm³/mol. The van der Waals surface area contributed by atoms with Crippen LogP contribution in [-0.2, 0) is 6.54 Å². The van der Waals surface area contributed by atoms with Crippen LogP contribution in [0.1, 0.15) is 50.0 Å². The molecule has 0 atom stereocenters. The van der Waals surface area contributed by atoms with E-state index >= 15 is 0 Å². The molecule has 1 aliphatic carbocycles. The lowest BCUT2D eigenvalue weighted by Crippen LogP contribution is -2.04. The summed E-state index contributed by atoms with van der Waals surface area (Å²) in [5.74, 6) is 1.57. The first kappa shape index (κ1) is 20.2. The van der Waals surface area contributed by atoms with E-state index in [1.807, 2.05) is 30.7 Å². The van der Waals surface area contributed by atoms with Crippen molar-refractivity contribution in [2.24, 2.45) is 5.73 Å². The lowest BCUT2D eigenvalue weighted by atomic mass is 10.0. The summed E-state index contributed by atoms with van der Waals surface area (Å²) in [5.41, 5.74) is 16.5. The molecule has 4 aromatic rings. The fourth-order valence-corrected chi connectivity index (χ4v) is 3.55. The van der Waals surface area contributed by atoms with E-state index in [2.05, 4.69) is 20.1 Å². The summed E-state index contributed by atoms with van der Waals surface area (Å²) in [7, 11) is 0. The third kappa shape index (κ3) is 3.20. The quantitative estimate of drug-likeness (QED) is 0.495. The van der Waals surface area contributed by atoms with Gasteiger partial charge >= 0.3 is 0 Å². The van der Waals surface area contributed by atoms with Gasteiger partial charge in [0.1, 0.15) is 29.3 Å². The molecular weight excluding hydrogens is 404 g/mol. The second kappa shape index (κ2) is 7.66. The van der Waals surface area contributed by atoms with Gasteiger partial charge in [-0.15, -0.1) is 12.4 Å². The van der Waals surface area contributed by atoms with Crippen molar-refractivity contribution in [3.63, 3.8) is 0 Å². The molecule has 4 aromatic heterocycles. The van der Waals surface area contributed by atoms with Crippen molar-refractivity contribution in [2.75, 3.05) is 5.73 Å². The van der Waals surface area contributed by atoms with E-state index in [-0.39, 0.29) is 18.4 Å². The lowest BCUT2D eigenvalue weighted by molar-refractivity contribution is 0.386. The molecule has 4 N–H and O–H groups in total. The summed E-state index contributed by atoms with van der Waals surface area (Å²) in [6.45, 7) is 4.53. The van der Waals surface area contributed by atoms with Gasteiger partial charge in [0.15, 0.2) is 5.65 Å². The fraction of sp³-hybridized carbons (Fsp3) is 0.350. The molecule has 5 rings (SSSR count). The molecule has 156 valence electrons. The van der Waals surface area contributed by atoms with Gasteiger partial charge in [-0.2, -0.15) is 5.10 Å². The molecule has 0 aromatic carbocycles. The van der Waals surface area contributed by atoms with Crippen LogP contribution in [0.4, 0.5) is 5.82 Å². The van der Waals surface area contributed by atoms with Crippen molar-refractivity contribution < 1.29 is 4.52 Å². The second-order valence-corrected chi connectivity index (χ2v) is 7.64. The number of nitrogens with two attached hydrogens (primary N) is 2. The van der Waals surface area contributed by atoms with Crippen LogP contribution in [0.25, 0.3) is 33.7 Å². The van der Waals surface area contributed by atoms with Crippen LogP contribution in [0, 0.1) is 0 Å². The molecule has 30 heavy (non-hydrogen) atoms. The topological polar surface area (TPSA) is 135 Å². The maximum atomic E-state index is 6.22. The van der Waals surface area contributed by atoms with E-state index < -0.39 is 0 Å². The minimum atomic E-state index is 0. The Hall–Kier alpha value is -3.04. The summed E-state index contributed by atoms with van der Waals surface area (Å²) in [5, 5.41) is 9.88. The maximum absolute atomic E-state index is 6.22. The van der Waals surface area contributed by atoms with Crippen molar-refractivity contribution in [1.82, 2.24) is 29.9 Å². The van der Waals surface area contributed by atoms with Crippen LogP contribution in [0.15, 0.2) is 29.2 Å². The Morgan fingerprint density at radius 2 is 1.97 bits per heavy atom. The molecule has 0 aliphatic heterocycles. The minimum absolute atomic E-state index is 0. The van der Waals surface area contributed by atoms with Crippen molar-refractivity contribution >= 4 is 29.3 Å². The second-order valence-electron chi connectivity index (χ2n) is 7.64. The highest BCUT2D eigenvalue weighted by Gasteiger charge is 2.35. The molecule has 4 heterocycles. The average Bonchev–Trinajstić information content (AvgIpc) is 3.35. The van der Waals surface area contributed by atoms with Crippen molar-refractivity contribution in [3.8, 4) is 22.6 Å². The number of fused-ring (bicyclic) bond motifs is 1. The summed E-state index contributed by atoms with van der Waals surface area (Å²) in [6.07, 6.45) is 5.39. The number of hydrogen-bond donors (Lipinski definition) is 2. The molecule has 9 nitrogen and oxygen atoms in total. The minimum Gasteiger partial charge on any atom is -0.383 e. The fourth-order valence-electron chi connectivity index (χ4n) is 3.55. The first-order valence-electron chi connectivity index (χ1n) is 9.72. The normalized spacial score (nSPS) is 13.7. The van der Waals surface area contributed by atoms with Crippen LogP contribution in [-0.4, -0.2) is 29.9 Å². The predicted octanol–water partition coefficient (Wildman–Crippen LogP) is 3.46. The maximum Gasteiger partial charge on any atom is 0.164 e. The largest absolute Gasteiger partial charge is 0.383 e. The average molecular weight is 427 g/mol. The summed E-state index contributed by atoms with van der Waals surface area (Å²) in [4.78, 5) is 13.2. The Morgan fingerprint density at radius 3 is 2.60 bits per heavy atom. The number of aromatic nitrogens is 6. The highest BCUT2D eigenvalue weighted by Crippen LogP contribution is 2.48. The number of anilines is 1. The molecule has 0 saturated heterocycles. The summed E-state index contributed by atoms with van der Waals surface area (Å²) in [6, 6.07) is 4.02. The smallest absolute Gasteiger partial charge is 0.164 e. The molecule has 10 heteroatoms. The van der Waals surface area contributed by atoms with Gasteiger partial charge < -0.3 is 16.0 Å². The van der Waals surface area contributed by atoms with Gasteiger partial charge in [-0.05, 0) is 38.3 Å². The van der Waals surface area contributed by atoms with E-state index in [0.717, 1.165) is 35.4 Å². The Labute approximate surface area is 179 Å². The van der Waals surface area contributed by atoms with E-state index in [1.54, 1.807) is 6.20 Å². The molecule has 1 aliphatic rings. The van der Waals surface area contributed by atoms with Gasteiger partial charge in [-0.1, -0.05) is 11.2 Å². The van der Waals surface area contributed by atoms with Gasteiger partial charge in [0, 0.05) is 24.7 Å². The van der Waals surface area contributed by atoms with Crippen LogP contribution in [0.3, 0.4) is 0 Å². The molecular formula is C20H23ClN8O. The van der Waals surface area contributed by atoms with Crippen LogP contribution < -0.4 is 11.5 Å². The lowest BCUT2D eigenvalue weighted by Gasteiger charge is -2.05. The van der Waals surface area contributed by atoms with Crippen LogP contribution >= 0.6 is 12.4 Å². The first-order chi connectivity index (χ1) is 14.1. The van der Waals surface area contributed by atoms with E-state index in [4.69, 9.17) is 21.1 Å². The molecule has 0 amide bonds. The number of rotatable bonds is 5. The zero-order valence-electron chi connectivity index (χ0n) is 16.7. The van der Waals surface area contributed by atoms with Gasteiger partial charge in [0.05, 0.1) is 16.6 Å². The van der Waals surface area contributed by atoms with Gasteiger partial charge in [-0.3, -0.25) is 4.98 Å². The van der Waals surface area contributed by atoms with Crippen molar-refractivity contribution in [1.29, 1.82) is 0 Å². The Bertz CT molecular complexity index is 1190. The number of hydrogen-bond acceptors (Lipinski definition) is 8. The number of nitrogens with zero attached hydrogens (tertiary/aromatic N) is 6. The molecule has 0 unspecified atom stereocenters. The van der Waals surface area contributed by atoms with Gasteiger partial charge in [0.2, 0.25) is 0 Å². The Kier molecular flexibility index (Phi) is 5.17. The highest BCUT2D eigenvalue weighted by molar-refractivity contribution is 6.00. The SMILES string of the molecule is CC(C)n1nc(-c2noc(C3CC3)c2-c2ccc(CN)cn2)c2c(N)ncnc21.Cl. The van der Waals surface area contributed by atoms with E-state index in [1.165, 1.54) is 6.33 Å². The van der Waals surface area contributed by atoms with Crippen molar-refractivity contribution in [2.45, 2.75) is 45.2 Å². The van der Waals surface area contributed by atoms with Crippen LogP contribution in [0.2, 0.25) is 0 Å². The Balaban J connectivity index is 0.00000218. The zero-order chi connectivity index (χ0) is 20.1. The van der Waals surface area contributed by atoms with E-state index in [0.29, 0.717) is 40.7 Å². The molecule has 0 radical (unpaired) electrons. The van der Waals surface area contributed by atoms with E-state index in [9.17, 15) is 0 Å². The van der Waals surface area contributed by atoms with Crippen molar-refractivity contribution in [3.05, 3.63) is 36.0 Å². The Morgan fingerprint density at radius 1 is 1.17 bits per heavy atom. The van der Waals surface area contributed by atoms with Gasteiger partial charge in [-0.25, -0.2) is 14.6 Å². The molecule has 1 saturated carbocycles. The highest BCUT2D eigenvalue weighted by atomic mass is 35.5. The van der Waals surface area contributed by atoms with Gasteiger partial charge in [0.25, 0.3) is 0 Å².